The van der Waals surface area contributed by atoms with Crippen molar-refractivity contribution in [2.24, 2.45) is 0 Å². The standard InChI is InChI=1S/C11H17O2.Bi/c1-2-3-4-5-6-7-8-9-10-11(12)13;/h1-2H,4-10H2,(H,12,13);. The van der Waals surface area contributed by atoms with Gasteiger partial charge in [0.25, 0.3) is 0 Å². The summed E-state index contributed by atoms with van der Waals surface area (Å²) in [5, 5.41) is 8.42. The van der Waals surface area contributed by atoms with Gasteiger partial charge in [-0.25, -0.2) is 0 Å². The third-order valence-electron chi connectivity index (χ3n) is 2.33. The van der Waals surface area contributed by atoms with E-state index in [0.29, 0.717) is 6.42 Å². The molecule has 0 spiro atoms. The van der Waals surface area contributed by atoms with E-state index in [2.05, 4.69) is 9.86 Å². The molecule has 78 valence electrons. The Balaban J connectivity index is 1.78. The number of carboxylic acids is 1. The van der Waals surface area contributed by atoms with E-state index >= 15 is 0 Å². The van der Waals surface area contributed by atoms with Crippen LogP contribution in [0, 0.1) is 0 Å². The van der Waals surface area contributed by atoms with Crippen LogP contribution in [0.15, 0.2) is 9.86 Å². The van der Waals surface area contributed by atoms with Crippen LogP contribution in [0.3, 0.4) is 0 Å². The summed E-state index contributed by atoms with van der Waals surface area (Å²) in [6, 6.07) is 0. The van der Waals surface area contributed by atoms with Crippen LogP contribution < -0.4 is 0 Å². The Hall–Kier alpha value is -0.0369. The van der Waals surface area contributed by atoms with E-state index in [1.165, 1.54) is 25.7 Å². The second kappa shape index (κ2) is 7.28. The third-order valence-corrected chi connectivity index (χ3v) is 6.23. The van der Waals surface area contributed by atoms with Crippen molar-refractivity contribution >= 4 is 31.9 Å². The predicted molar refractivity (Wildman–Crippen MR) is 59.9 cm³/mol. The van der Waals surface area contributed by atoms with Gasteiger partial charge in [-0.2, -0.15) is 0 Å². The van der Waals surface area contributed by atoms with Crippen molar-refractivity contribution in [2.75, 3.05) is 0 Å². The molecule has 1 aliphatic rings. The monoisotopic (exact) mass is 390 g/mol. The van der Waals surface area contributed by atoms with Gasteiger partial charge >= 0.3 is 96.6 Å². The summed E-state index contributed by atoms with van der Waals surface area (Å²) in [5.74, 6) is -0.659. The van der Waals surface area contributed by atoms with Crippen molar-refractivity contribution in [2.45, 2.75) is 44.9 Å². The summed E-state index contributed by atoms with van der Waals surface area (Å²) in [6.07, 6.45) is 9.69. The second-order valence-corrected chi connectivity index (χ2v) is 7.99. The van der Waals surface area contributed by atoms with Crippen molar-refractivity contribution < 1.29 is 9.90 Å². The van der Waals surface area contributed by atoms with Gasteiger partial charge < -0.3 is 0 Å². The van der Waals surface area contributed by atoms with E-state index in [-0.39, 0.29) is 22.8 Å². The van der Waals surface area contributed by atoms with Gasteiger partial charge in [-0.1, -0.05) is 0 Å². The van der Waals surface area contributed by atoms with Crippen molar-refractivity contribution in [3.05, 3.63) is 9.86 Å². The number of hydrogen-bond acceptors (Lipinski definition) is 1. The first kappa shape index (κ1) is 12.0. The minimum absolute atomic E-state index is 0.199. The molecule has 0 saturated carbocycles. The molecule has 0 atom stereocenters. The molecule has 0 aromatic carbocycles. The van der Waals surface area contributed by atoms with Gasteiger partial charge in [0.05, 0.1) is 0 Å². The van der Waals surface area contributed by atoms with E-state index < -0.39 is 5.97 Å². The van der Waals surface area contributed by atoms with E-state index in [0.717, 1.165) is 12.8 Å². The van der Waals surface area contributed by atoms with Crippen molar-refractivity contribution in [1.82, 2.24) is 0 Å². The molecule has 14 heavy (non-hydrogen) atoms. The summed E-state index contributed by atoms with van der Waals surface area (Å²) in [6.45, 7) is 0. The van der Waals surface area contributed by atoms with E-state index in [1.54, 1.807) is 3.21 Å². The molecule has 0 aromatic heterocycles. The SMILES string of the molecule is O=C(O)CCCCCCC[C]1=[Bi][CH]=C1. The zero-order chi connectivity index (χ0) is 10.2. The van der Waals surface area contributed by atoms with Crippen molar-refractivity contribution in [3.63, 3.8) is 0 Å². The number of carboxylic acid groups (broad SMARTS) is 1. The van der Waals surface area contributed by atoms with Crippen LogP contribution in [0.2, 0.25) is 0 Å². The summed E-state index contributed by atoms with van der Waals surface area (Å²) < 4.78 is 4.14. The zero-order valence-corrected chi connectivity index (χ0v) is 11.9. The first-order chi connectivity index (χ1) is 6.79. The number of aliphatic carboxylic acids is 1. The Morgan fingerprint density at radius 2 is 1.86 bits per heavy atom. The molecule has 1 heterocycles. The molecular formula is C11H17BiO2. The summed E-state index contributed by atoms with van der Waals surface area (Å²) in [7, 11) is 0. The van der Waals surface area contributed by atoms with Crippen LogP contribution in [0.5, 0.6) is 0 Å². The maximum atomic E-state index is 10.2. The molecule has 0 saturated heterocycles. The average Bonchev–Trinajstić information content (AvgIpc) is 2.06. The first-order valence-corrected chi connectivity index (χ1v) is 8.98. The normalized spacial score (nSPS) is 13.6. The molecule has 0 radical (unpaired) electrons. The predicted octanol–water partition coefficient (Wildman–Crippen LogP) is 2.21. The van der Waals surface area contributed by atoms with E-state index in [1.807, 2.05) is 0 Å². The Labute approximate surface area is 96.4 Å². The molecule has 3 heteroatoms. The number of unbranched alkanes of at least 4 members (excludes halogenated alkanes) is 4. The molecule has 0 unspecified atom stereocenters. The topological polar surface area (TPSA) is 37.3 Å². The Morgan fingerprint density at radius 1 is 1.21 bits per heavy atom. The van der Waals surface area contributed by atoms with E-state index in [9.17, 15) is 4.79 Å². The molecular weight excluding hydrogens is 373 g/mol. The quantitative estimate of drug-likeness (QED) is 0.510. The zero-order valence-electron chi connectivity index (χ0n) is 8.41. The number of hydrogen-bond donors (Lipinski definition) is 1. The first-order valence-electron chi connectivity index (χ1n) is 5.24. The fraction of sp³-hybridized carbons (Fsp3) is 0.636. The number of carbonyl (C=O) groups is 1. The third kappa shape index (κ3) is 5.64. The van der Waals surface area contributed by atoms with Gasteiger partial charge in [0.2, 0.25) is 0 Å². The van der Waals surface area contributed by atoms with Gasteiger partial charge in [0, 0.05) is 0 Å². The molecule has 1 rings (SSSR count). The minimum atomic E-state index is -0.659. The van der Waals surface area contributed by atoms with Crippen molar-refractivity contribution in [3.8, 4) is 0 Å². The Morgan fingerprint density at radius 3 is 2.43 bits per heavy atom. The summed E-state index contributed by atoms with van der Waals surface area (Å²) in [5.41, 5.74) is 0. The molecule has 2 nitrogen and oxygen atoms in total. The summed E-state index contributed by atoms with van der Waals surface area (Å²) in [4.78, 5) is 10.2. The van der Waals surface area contributed by atoms with Crippen LogP contribution in [0.25, 0.3) is 0 Å². The van der Waals surface area contributed by atoms with Gasteiger partial charge in [0.15, 0.2) is 0 Å². The van der Waals surface area contributed by atoms with Gasteiger partial charge in [-0.3, -0.25) is 0 Å². The number of allylic oxidation sites excluding steroid dienone is 1. The van der Waals surface area contributed by atoms with Crippen LogP contribution >= 0.6 is 0 Å². The Bertz CT molecular complexity index is 244. The van der Waals surface area contributed by atoms with Crippen LogP contribution in [0.4, 0.5) is 0 Å². The van der Waals surface area contributed by atoms with E-state index in [4.69, 9.17) is 5.11 Å². The summed E-state index contributed by atoms with van der Waals surface area (Å²) >= 11 is -0.199. The molecule has 0 amide bonds. The number of rotatable bonds is 8. The fourth-order valence-corrected chi connectivity index (χ4v) is 3.96. The second-order valence-electron chi connectivity index (χ2n) is 3.60. The maximum absolute atomic E-state index is 10.2. The van der Waals surface area contributed by atoms with Crippen molar-refractivity contribution in [1.29, 1.82) is 0 Å². The van der Waals surface area contributed by atoms with Crippen LogP contribution in [-0.4, -0.2) is 37.0 Å². The van der Waals surface area contributed by atoms with Gasteiger partial charge in [0.1, 0.15) is 0 Å². The molecule has 0 aromatic rings. The van der Waals surface area contributed by atoms with Gasteiger partial charge in [-0.15, -0.1) is 0 Å². The molecule has 1 aliphatic heterocycles. The average molecular weight is 390 g/mol. The Kier molecular flexibility index (Phi) is 6.26. The van der Waals surface area contributed by atoms with Crippen LogP contribution in [-0.2, 0) is 4.79 Å². The molecule has 0 bridgehead atoms. The van der Waals surface area contributed by atoms with Gasteiger partial charge in [-0.05, 0) is 0 Å². The fourth-order valence-electron chi connectivity index (χ4n) is 1.44. The molecule has 0 aliphatic carbocycles. The molecule has 1 N–H and O–H groups in total. The van der Waals surface area contributed by atoms with Crippen LogP contribution in [0.1, 0.15) is 44.9 Å². The molecule has 0 fully saturated rings.